The number of urea groups is 1. The summed E-state index contributed by atoms with van der Waals surface area (Å²) in [5.74, 6) is -0.636. The van der Waals surface area contributed by atoms with E-state index in [2.05, 4.69) is 28.1 Å². The number of nitrogens with zero attached hydrogens (tertiary/aromatic N) is 1. The molecule has 1 aliphatic heterocycles. The molecule has 0 atom stereocenters. The SMILES string of the molecule is CC(=O)NC(C)(C)C(=O)NC12CCC(c3ccc(NC(=O)N4Cc5ccc(F)cc5C4)cc3)(CC1)CC2. The lowest BCUT2D eigenvalue weighted by Crippen LogP contribution is -2.63. The molecular formula is C29H35FN4O3. The molecule has 3 N–H and O–H groups in total. The van der Waals surface area contributed by atoms with Crippen LogP contribution in [0.25, 0.3) is 0 Å². The lowest BCUT2D eigenvalue weighted by molar-refractivity contribution is -0.134. The second-order valence-electron chi connectivity index (χ2n) is 11.6. The average molecular weight is 507 g/mol. The molecule has 4 aliphatic rings. The van der Waals surface area contributed by atoms with Crippen LogP contribution >= 0.6 is 0 Å². The summed E-state index contributed by atoms with van der Waals surface area (Å²) in [7, 11) is 0. The molecule has 6 rings (SSSR count). The fourth-order valence-electron chi connectivity index (χ4n) is 6.32. The molecule has 0 saturated heterocycles. The van der Waals surface area contributed by atoms with Crippen LogP contribution in [0.1, 0.15) is 76.0 Å². The molecule has 3 saturated carbocycles. The third-order valence-electron chi connectivity index (χ3n) is 8.61. The molecule has 37 heavy (non-hydrogen) atoms. The van der Waals surface area contributed by atoms with E-state index < -0.39 is 5.54 Å². The molecule has 3 fully saturated rings. The highest BCUT2D eigenvalue weighted by Crippen LogP contribution is 2.53. The summed E-state index contributed by atoms with van der Waals surface area (Å²) in [4.78, 5) is 38.9. The molecule has 0 aromatic heterocycles. The monoisotopic (exact) mass is 506 g/mol. The van der Waals surface area contributed by atoms with Gasteiger partial charge in [0.25, 0.3) is 0 Å². The lowest BCUT2D eigenvalue weighted by Gasteiger charge is -2.54. The third kappa shape index (κ3) is 4.93. The van der Waals surface area contributed by atoms with Crippen LogP contribution in [0.3, 0.4) is 0 Å². The number of carbonyl (C=O) groups is 3. The summed E-state index contributed by atoms with van der Waals surface area (Å²) >= 11 is 0. The zero-order chi connectivity index (χ0) is 26.4. The quantitative estimate of drug-likeness (QED) is 0.547. The Morgan fingerprint density at radius 3 is 2.14 bits per heavy atom. The molecule has 2 aromatic rings. The maximum atomic E-state index is 13.5. The van der Waals surface area contributed by atoms with E-state index in [-0.39, 0.29) is 34.6 Å². The van der Waals surface area contributed by atoms with Crippen molar-refractivity contribution >= 4 is 23.5 Å². The molecular weight excluding hydrogens is 471 g/mol. The first-order chi connectivity index (χ1) is 17.5. The normalized spacial score (nSPS) is 24.4. The van der Waals surface area contributed by atoms with Crippen molar-refractivity contribution in [3.63, 3.8) is 0 Å². The number of hydrogen-bond donors (Lipinski definition) is 3. The van der Waals surface area contributed by atoms with Crippen LogP contribution in [0.4, 0.5) is 14.9 Å². The minimum atomic E-state index is -0.944. The van der Waals surface area contributed by atoms with Gasteiger partial charge in [0.15, 0.2) is 0 Å². The van der Waals surface area contributed by atoms with Crippen LogP contribution in [0.15, 0.2) is 42.5 Å². The van der Waals surface area contributed by atoms with Crippen molar-refractivity contribution in [2.75, 3.05) is 5.32 Å². The van der Waals surface area contributed by atoms with Gasteiger partial charge in [0, 0.05) is 31.2 Å². The van der Waals surface area contributed by atoms with Gasteiger partial charge in [-0.2, -0.15) is 0 Å². The summed E-state index contributed by atoms with van der Waals surface area (Å²) in [6, 6.07) is 12.6. The number of halogens is 1. The van der Waals surface area contributed by atoms with Gasteiger partial charge in [-0.1, -0.05) is 18.2 Å². The van der Waals surface area contributed by atoms with Gasteiger partial charge in [0.05, 0.1) is 0 Å². The second kappa shape index (κ2) is 9.15. The molecule has 4 amide bonds. The predicted molar refractivity (Wildman–Crippen MR) is 139 cm³/mol. The van der Waals surface area contributed by atoms with E-state index in [4.69, 9.17) is 0 Å². The number of amides is 4. The number of hydrogen-bond acceptors (Lipinski definition) is 3. The van der Waals surface area contributed by atoms with E-state index in [9.17, 15) is 18.8 Å². The molecule has 2 aromatic carbocycles. The Bertz CT molecular complexity index is 1220. The van der Waals surface area contributed by atoms with Gasteiger partial charge in [0.1, 0.15) is 11.4 Å². The first kappa shape index (κ1) is 25.2. The van der Waals surface area contributed by atoms with Crippen molar-refractivity contribution in [2.45, 2.75) is 88.9 Å². The van der Waals surface area contributed by atoms with Crippen molar-refractivity contribution in [2.24, 2.45) is 0 Å². The van der Waals surface area contributed by atoms with Gasteiger partial charge in [-0.05, 0) is 98.7 Å². The average Bonchev–Trinajstić information content (AvgIpc) is 3.28. The van der Waals surface area contributed by atoms with Crippen LogP contribution in [-0.2, 0) is 28.1 Å². The Hall–Kier alpha value is -3.42. The molecule has 2 bridgehead atoms. The van der Waals surface area contributed by atoms with E-state index >= 15 is 0 Å². The highest BCUT2D eigenvalue weighted by Gasteiger charge is 2.50. The summed E-state index contributed by atoms with van der Waals surface area (Å²) in [5, 5.41) is 8.99. The number of rotatable bonds is 5. The first-order valence-electron chi connectivity index (χ1n) is 13.0. The topological polar surface area (TPSA) is 90.5 Å². The third-order valence-corrected chi connectivity index (χ3v) is 8.61. The zero-order valence-corrected chi connectivity index (χ0v) is 21.7. The minimum Gasteiger partial charge on any atom is -0.349 e. The maximum absolute atomic E-state index is 13.5. The zero-order valence-electron chi connectivity index (χ0n) is 21.7. The molecule has 0 spiro atoms. The minimum absolute atomic E-state index is 0.0861. The number of anilines is 1. The number of nitrogens with one attached hydrogen (secondary N) is 3. The van der Waals surface area contributed by atoms with Crippen molar-refractivity contribution in [1.29, 1.82) is 0 Å². The highest BCUT2D eigenvalue weighted by atomic mass is 19.1. The van der Waals surface area contributed by atoms with Gasteiger partial charge >= 0.3 is 6.03 Å². The smallest absolute Gasteiger partial charge is 0.322 e. The summed E-state index contributed by atoms with van der Waals surface area (Å²) < 4.78 is 13.5. The standard InChI is InChI=1S/C29H35FN4O3/c1-19(35)32-27(2,3)25(36)33-29-13-10-28(11-14-29,12-15-29)22-5-8-24(9-6-22)31-26(37)34-17-20-4-7-23(30)16-21(20)18-34/h4-9,16H,10-15,17-18H2,1-3H3,(H,31,37)(H,32,35)(H,33,36). The first-order valence-corrected chi connectivity index (χ1v) is 13.0. The maximum Gasteiger partial charge on any atom is 0.322 e. The van der Waals surface area contributed by atoms with Crippen molar-refractivity contribution in [3.05, 3.63) is 65.0 Å². The van der Waals surface area contributed by atoms with Gasteiger partial charge in [-0.3, -0.25) is 9.59 Å². The van der Waals surface area contributed by atoms with Crippen LogP contribution in [0.2, 0.25) is 0 Å². The van der Waals surface area contributed by atoms with E-state index in [1.54, 1.807) is 24.8 Å². The Balaban J connectivity index is 1.18. The lowest BCUT2D eigenvalue weighted by atomic mass is 9.55. The summed E-state index contributed by atoms with van der Waals surface area (Å²) in [5.41, 5.74) is 2.77. The van der Waals surface area contributed by atoms with E-state index in [0.717, 1.165) is 55.3 Å². The fourth-order valence-corrected chi connectivity index (χ4v) is 6.32. The van der Waals surface area contributed by atoms with Crippen LogP contribution < -0.4 is 16.0 Å². The van der Waals surface area contributed by atoms with Crippen LogP contribution in [-0.4, -0.2) is 33.8 Å². The van der Waals surface area contributed by atoms with Gasteiger partial charge in [-0.15, -0.1) is 0 Å². The molecule has 1 heterocycles. The molecule has 196 valence electrons. The Morgan fingerprint density at radius 2 is 1.51 bits per heavy atom. The molecule has 0 unspecified atom stereocenters. The van der Waals surface area contributed by atoms with Crippen LogP contribution in [0.5, 0.6) is 0 Å². The molecule has 0 radical (unpaired) electrons. The largest absolute Gasteiger partial charge is 0.349 e. The van der Waals surface area contributed by atoms with Gasteiger partial charge in [-0.25, -0.2) is 9.18 Å². The number of benzene rings is 2. The fraction of sp³-hybridized carbons (Fsp3) is 0.483. The van der Waals surface area contributed by atoms with Crippen molar-refractivity contribution in [3.8, 4) is 0 Å². The Morgan fingerprint density at radius 1 is 0.892 bits per heavy atom. The molecule has 8 heteroatoms. The summed E-state index contributed by atoms with van der Waals surface area (Å²) in [6.45, 7) is 5.77. The molecule has 3 aliphatic carbocycles. The summed E-state index contributed by atoms with van der Waals surface area (Å²) in [6.07, 6.45) is 5.68. The van der Waals surface area contributed by atoms with Gasteiger partial charge < -0.3 is 20.9 Å². The van der Waals surface area contributed by atoms with E-state index in [0.29, 0.717) is 13.1 Å². The second-order valence-corrected chi connectivity index (χ2v) is 11.6. The van der Waals surface area contributed by atoms with E-state index in [1.165, 1.54) is 24.6 Å². The number of carbonyl (C=O) groups excluding carboxylic acids is 3. The Labute approximate surface area is 217 Å². The van der Waals surface area contributed by atoms with Crippen LogP contribution in [0, 0.1) is 5.82 Å². The van der Waals surface area contributed by atoms with Crippen molar-refractivity contribution < 1.29 is 18.8 Å². The predicted octanol–water partition coefficient (Wildman–Crippen LogP) is 4.75. The van der Waals surface area contributed by atoms with Gasteiger partial charge in [0.2, 0.25) is 11.8 Å². The van der Waals surface area contributed by atoms with Crippen molar-refractivity contribution in [1.82, 2.24) is 15.5 Å². The highest BCUT2D eigenvalue weighted by molar-refractivity contribution is 5.91. The number of fused-ring (bicyclic) bond motifs is 4. The Kier molecular flexibility index (Phi) is 6.24. The van der Waals surface area contributed by atoms with E-state index in [1.807, 2.05) is 12.1 Å². The molecule has 7 nitrogen and oxygen atoms in total.